The van der Waals surface area contributed by atoms with Crippen LogP contribution in [-0.2, 0) is 16.5 Å². The van der Waals surface area contributed by atoms with Gasteiger partial charge in [-0.1, -0.05) is 27.5 Å². The van der Waals surface area contributed by atoms with Gasteiger partial charge in [0, 0.05) is 15.9 Å². The molecule has 0 spiro atoms. The highest BCUT2D eigenvalue weighted by Crippen LogP contribution is 2.30. The van der Waals surface area contributed by atoms with Crippen molar-refractivity contribution in [1.29, 1.82) is 0 Å². The minimum Gasteiger partial charge on any atom is -0.496 e. The van der Waals surface area contributed by atoms with E-state index >= 15 is 0 Å². The van der Waals surface area contributed by atoms with Gasteiger partial charge in [0.2, 0.25) is 0 Å². The highest BCUT2D eigenvalue weighted by atomic mass is 79.9. The lowest BCUT2D eigenvalue weighted by Crippen LogP contribution is -2.05. The first-order chi connectivity index (χ1) is 7.10. The lowest BCUT2D eigenvalue weighted by Gasteiger charge is -2.12. The normalized spacial score (nSPS) is 10.1. The Kier molecular flexibility index (Phi) is 4.42. The number of halogens is 2. The maximum absolute atomic E-state index is 10.7. The van der Waals surface area contributed by atoms with Crippen LogP contribution in [0.3, 0.4) is 0 Å². The molecule has 1 N–H and O–H groups in total. The smallest absolute Gasteiger partial charge is 0.307 e. The highest BCUT2D eigenvalue weighted by Gasteiger charge is 2.14. The maximum atomic E-state index is 10.7. The Morgan fingerprint density at radius 1 is 1.53 bits per heavy atom. The van der Waals surface area contributed by atoms with Crippen LogP contribution in [0.2, 0.25) is 5.02 Å². The number of rotatable bonds is 4. The number of alkyl halides is 1. The van der Waals surface area contributed by atoms with Crippen LogP contribution in [0.1, 0.15) is 11.1 Å². The van der Waals surface area contributed by atoms with Crippen molar-refractivity contribution in [2.75, 3.05) is 7.11 Å². The Hall–Kier alpha value is -0.740. The van der Waals surface area contributed by atoms with Crippen LogP contribution in [0.25, 0.3) is 0 Å². The standard InChI is InChI=1S/C10H10BrClO3/c1-15-9-3-2-8(12)7(5-11)6(9)4-10(13)14/h2-3H,4-5H2,1H3,(H,13,14). The molecule has 0 amide bonds. The SMILES string of the molecule is COc1ccc(Cl)c(CBr)c1CC(=O)O. The van der Waals surface area contributed by atoms with Crippen molar-refractivity contribution in [3.8, 4) is 5.75 Å². The predicted molar refractivity (Wildman–Crippen MR) is 62.0 cm³/mol. The van der Waals surface area contributed by atoms with Crippen LogP contribution < -0.4 is 4.74 Å². The second kappa shape index (κ2) is 5.37. The molecule has 0 aliphatic rings. The molecule has 0 unspecified atom stereocenters. The molecule has 0 bridgehead atoms. The molecule has 0 aliphatic carbocycles. The zero-order valence-electron chi connectivity index (χ0n) is 8.09. The lowest BCUT2D eigenvalue weighted by molar-refractivity contribution is -0.136. The van der Waals surface area contributed by atoms with Crippen LogP contribution in [0.15, 0.2) is 12.1 Å². The Morgan fingerprint density at radius 2 is 2.20 bits per heavy atom. The fourth-order valence-corrected chi connectivity index (χ4v) is 2.37. The molecule has 3 nitrogen and oxygen atoms in total. The Bertz CT molecular complexity index is 379. The second-order valence-electron chi connectivity index (χ2n) is 2.91. The van der Waals surface area contributed by atoms with Gasteiger partial charge in [0.05, 0.1) is 13.5 Å². The monoisotopic (exact) mass is 292 g/mol. The molecule has 0 radical (unpaired) electrons. The first-order valence-corrected chi connectivity index (χ1v) is 5.72. The molecule has 5 heteroatoms. The van der Waals surface area contributed by atoms with Gasteiger partial charge in [-0.05, 0) is 17.7 Å². The van der Waals surface area contributed by atoms with E-state index in [2.05, 4.69) is 15.9 Å². The van der Waals surface area contributed by atoms with Crippen LogP contribution >= 0.6 is 27.5 Å². The summed E-state index contributed by atoms with van der Waals surface area (Å²) in [6.45, 7) is 0. The van der Waals surface area contributed by atoms with Crippen molar-refractivity contribution in [3.63, 3.8) is 0 Å². The van der Waals surface area contributed by atoms with Crippen molar-refractivity contribution in [2.45, 2.75) is 11.8 Å². The van der Waals surface area contributed by atoms with Gasteiger partial charge in [0.15, 0.2) is 0 Å². The van der Waals surface area contributed by atoms with E-state index in [9.17, 15) is 4.79 Å². The minimum atomic E-state index is -0.905. The van der Waals surface area contributed by atoms with E-state index in [1.54, 1.807) is 12.1 Å². The quantitative estimate of drug-likeness (QED) is 0.868. The molecule has 1 rings (SSSR count). The molecule has 1 aromatic rings. The van der Waals surface area contributed by atoms with Crippen LogP contribution in [0, 0.1) is 0 Å². The number of ether oxygens (including phenoxy) is 1. The number of aliphatic carboxylic acids is 1. The van der Waals surface area contributed by atoms with Crippen molar-refractivity contribution in [1.82, 2.24) is 0 Å². The highest BCUT2D eigenvalue weighted by molar-refractivity contribution is 9.08. The Morgan fingerprint density at radius 3 is 2.67 bits per heavy atom. The van der Waals surface area contributed by atoms with Crippen molar-refractivity contribution < 1.29 is 14.6 Å². The van der Waals surface area contributed by atoms with E-state index in [0.29, 0.717) is 21.7 Å². The van der Waals surface area contributed by atoms with E-state index in [1.807, 2.05) is 0 Å². The molecule has 0 saturated carbocycles. The van der Waals surface area contributed by atoms with Crippen molar-refractivity contribution >= 4 is 33.5 Å². The average Bonchev–Trinajstić information content (AvgIpc) is 2.18. The van der Waals surface area contributed by atoms with E-state index in [-0.39, 0.29) is 6.42 Å². The number of benzene rings is 1. The molecule has 0 heterocycles. The summed E-state index contributed by atoms with van der Waals surface area (Å²) in [6.07, 6.45) is -0.0926. The molecule has 0 aromatic heterocycles. The van der Waals surface area contributed by atoms with E-state index in [1.165, 1.54) is 7.11 Å². The molecular formula is C10H10BrClO3. The molecule has 1 aromatic carbocycles. The van der Waals surface area contributed by atoms with Gasteiger partial charge >= 0.3 is 5.97 Å². The summed E-state index contributed by atoms with van der Waals surface area (Å²) in [5.74, 6) is -0.353. The van der Waals surface area contributed by atoms with Gasteiger partial charge in [0.1, 0.15) is 5.75 Å². The first-order valence-electron chi connectivity index (χ1n) is 4.22. The maximum Gasteiger partial charge on any atom is 0.307 e. The molecular weight excluding hydrogens is 283 g/mol. The summed E-state index contributed by atoms with van der Waals surface area (Å²) < 4.78 is 5.10. The van der Waals surface area contributed by atoms with Crippen molar-refractivity contribution in [3.05, 3.63) is 28.3 Å². The van der Waals surface area contributed by atoms with E-state index in [4.69, 9.17) is 21.4 Å². The number of hydrogen-bond donors (Lipinski definition) is 1. The summed E-state index contributed by atoms with van der Waals surface area (Å²) in [5, 5.41) is 9.83. The third kappa shape index (κ3) is 2.86. The second-order valence-corrected chi connectivity index (χ2v) is 3.88. The lowest BCUT2D eigenvalue weighted by atomic mass is 10.0. The van der Waals surface area contributed by atoms with Crippen molar-refractivity contribution in [2.24, 2.45) is 0 Å². The van der Waals surface area contributed by atoms with Crippen LogP contribution in [0.5, 0.6) is 5.75 Å². The number of carboxylic acids is 1. The van der Waals surface area contributed by atoms with E-state index in [0.717, 1.165) is 5.56 Å². The summed E-state index contributed by atoms with van der Waals surface area (Å²) in [6, 6.07) is 3.37. The van der Waals surface area contributed by atoms with E-state index < -0.39 is 5.97 Å². The topological polar surface area (TPSA) is 46.5 Å². The first kappa shape index (κ1) is 12.3. The van der Waals surface area contributed by atoms with Gasteiger partial charge in [0.25, 0.3) is 0 Å². The number of carboxylic acid groups (broad SMARTS) is 1. The van der Waals surface area contributed by atoms with Gasteiger partial charge in [-0.25, -0.2) is 0 Å². The van der Waals surface area contributed by atoms with Gasteiger partial charge in [-0.15, -0.1) is 0 Å². The predicted octanol–water partition coefficient (Wildman–Crippen LogP) is 2.87. The van der Waals surface area contributed by atoms with Gasteiger partial charge < -0.3 is 9.84 Å². The summed E-state index contributed by atoms with van der Waals surface area (Å²) >= 11 is 9.24. The minimum absolute atomic E-state index is 0.0926. The molecule has 0 saturated heterocycles. The Labute approximate surface area is 101 Å². The average molecular weight is 294 g/mol. The van der Waals surface area contributed by atoms with Crippen LogP contribution in [0.4, 0.5) is 0 Å². The fraction of sp³-hybridized carbons (Fsp3) is 0.300. The largest absolute Gasteiger partial charge is 0.496 e. The zero-order chi connectivity index (χ0) is 11.4. The Balaban J connectivity index is 3.26. The summed E-state index contributed by atoms with van der Waals surface area (Å²) in [5.41, 5.74) is 1.38. The molecule has 0 atom stereocenters. The third-order valence-corrected chi connectivity index (χ3v) is 2.93. The summed E-state index contributed by atoms with van der Waals surface area (Å²) in [7, 11) is 1.51. The van der Waals surface area contributed by atoms with Crippen LogP contribution in [-0.4, -0.2) is 18.2 Å². The number of hydrogen-bond acceptors (Lipinski definition) is 2. The summed E-state index contributed by atoms with van der Waals surface area (Å²) in [4.78, 5) is 10.7. The van der Waals surface area contributed by atoms with Gasteiger partial charge in [-0.3, -0.25) is 4.79 Å². The number of methoxy groups -OCH3 is 1. The molecule has 0 aliphatic heterocycles. The fourth-order valence-electron chi connectivity index (χ4n) is 1.32. The zero-order valence-corrected chi connectivity index (χ0v) is 10.4. The van der Waals surface area contributed by atoms with Gasteiger partial charge in [-0.2, -0.15) is 0 Å². The molecule has 82 valence electrons. The molecule has 0 fully saturated rings. The third-order valence-electron chi connectivity index (χ3n) is 2.01. The number of carbonyl (C=O) groups is 1. The molecule has 15 heavy (non-hydrogen) atoms.